The number of carboxylic acids is 1. The highest BCUT2D eigenvalue weighted by atomic mass is 16.5. The van der Waals surface area contributed by atoms with E-state index in [0.29, 0.717) is 5.76 Å². The third-order valence-corrected chi connectivity index (χ3v) is 1.43. The topological polar surface area (TPSA) is 46.5 Å². The lowest BCUT2D eigenvalue weighted by atomic mass is 10.2. The van der Waals surface area contributed by atoms with Crippen molar-refractivity contribution in [3.8, 4) is 0 Å². The highest BCUT2D eigenvalue weighted by molar-refractivity contribution is 5.80. The van der Waals surface area contributed by atoms with Crippen LogP contribution < -0.4 is 0 Å². The molecule has 0 saturated carbocycles. The Bertz CT molecular complexity index is 172. The molecule has 0 aromatic rings. The van der Waals surface area contributed by atoms with Crippen LogP contribution in [-0.2, 0) is 9.53 Å². The molecule has 0 aromatic heterocycles. The molecule has 1 fully saturated rings. The number of hydrogen-bond acceptors (Lipinski definition) is 2. The molecule has 1 unspecified atom stereocenters. The minimum Gasteiger partial charge on any atom is -0.495 e. The van der Waals surface area contributed by atoms with E-state index in [0.717, 1.165) is 18.9 Å². The van der Waals surface area contributed by atoms with Crippen LogP contribution in [0.5, 0.6) is 0 Å². The number of allylic oxidation sites excluding steroid dienone is 1. The molecular formula is C7H10O3. The zero-order valence-corrected chi connectivity index (χ0v) is 5.83. The second kappa shape index (κ2) is 2.73. The van der Waals surface area contributed by atoms with Crippen molar-refractivity contribution in [2.75, 3.05) is 0 Å². The van der Waals surface area contributed by atoms with Crippen molar-refractivity contribution in [2.24, 2.45) is 0 Å². The van der Waals surface area contributed by atoms with Gasteiger partial charge in [-0.15, -0.1) is 0 Å². The quantitative estimate of drug-likeness (QED) is 0.559. The first-order valence-electron chi connectivity index (χ1n) is 3.28. The van der Waals surface area contributed by atoms with E-state index in [2.05, 4.69) is 0 Å². The van der Waals surface area contributed by atoms with Crippen LogP contribution in [-0.4, -0.2) is 17.2 Å². The summed E-state index contributed by atoms with van der Waals surface area (Å²) in [5.74, 6) is -0.330. The van der Waals surface area contributed by atoms with Gasteiger partial charge in [-0.1, -0.05) is 0 Å². The first-order chi connectivity index (χ1) is 4.68. The summed E-state index contributed by atoms with van der Waals surface area (Å²) in [6.07, 6.45) is 3.00. The van der Waals surface area contributed by atoms with Crippen LogP contribution in [0.1, 0.15) is 19.8 Å². The Kier molecular flexibility index (Phi) is 1.94. The van der Waals surface area contributed by atoms with E-state index in [1.165, 1.54) is 0 Å². The van der Waals surface area contributed by atoms with Crippen LogP contribution >= 0.6 is 0 Å². The normalized spacial score (nSPS) is 28.5. The summed E-state index contributed by atoms with van der Waals surface area (Å²) in [5.41, 5.74) is 0. The van der Waals surface area contributed by atoms with Crippen molar-refractivity contribution in [3.05, 3.63) is 11.8 Å². The fourth-order valence-electron chi connectivity index (χ4n) is 0.966. The van der Waals surface area contributed by atoms with Crippen molar-refractivity contribution in [2.45, 2.75) is 25.9 Å². The fourth-order valence-corrected chi connectivity index (χ4v) is 0.966. The molecular weight excluding hydrogens is 132 g/mol. The van der Waals surface area contributed by atoms with E-state index in [9.17, 15) is 4.79 Å². The molecule has 0 bridgehead atoms. The third-order valence-electron chi connectivity index (χ3n) is 1.43. The van der Waals surface area contributed by atoms with E-state index in [4.69, 9.17) is 9.84 Å². The highest BCUT2D eigenvalue weighted by Crippen LogP contribution is 2.21. The summed E-state index contributed by atoms with van der Waals surface area (Å²) < 4.78 is 5.15. The van der Waals surface area contributed by atoms with E-state index in [1.807, 2.05) is 6.92 Å². The second-order valence-electron chi connectivity index (χ2n) is 2.42. The van der Waals surface area contributed by atoms with Gasteiger partial charge in [0, 0.05) is 6.42 Å². The van der Waals surface area contributed by atoms with Gasteiger partial charge in [0.25, 0.3) is 0 Å². The predicted molar refractivity (Wildman–Crippen MR) is 35.5 cm³/mol. The third kappa shape index (κ3) is 1.76. The van der Waals surface area contributed by atoms with E-state index >= 15 is 0 Å². The smallest absolute Gasteiger partial charge is 0.331 e. The number of hydrogen-bond donors (Lipinski definition) is 1. The Morgan fingerprint density at radius 1 is 1.90 bits per heavy atom. The van der Waals surface area contributed by atoms with E-state index in [-0.39, 0.29) is 6.10 Å². The maximum Gasteiger partial charge on any atom is 0.331 e. The monoisotopic (exact) mass is 142 g/mol. The van der Waals surface area contributed by atoms with Crippen molar-refractivity contribution in [3.63, 3.8) is 0 Å². The summed E-state index contributed by atoms with van der Waals surface area (Å²) in [4.78, 5) is 10.1. The van der Waals surface area contributed by atoms with Crippen LogP contribution in [0.3, 0.4) is 0 Å². The Morgan fingerprint density at radius 3 is 3.00 bits per heavy atom. The molecule has 1 heterocycles. The maximum atomic E-state index is 10.1. The first-order valence-corrected chi connectivity index (χ1v) is 3.28. The van der Waals surface area contributed by atoms with Crippen LogP contribution in [0.15, 0.2) is 11.8 Å². The summed E-state index contributed by atoms with van der Waals surface area (Å²) in [7, 11) is 0. The zero-order valence-electron chi connectivity index (χ0n) is 5.83. The van der Waals surface area contributed by atoms with Gasteiger partial charge in [0.15, 0.2) is 0 Å². The van der Waals surface area contributed by atoms with Gasteiger partial charge in [-0.05, 0) is 13.3 Å². The molecule has 10 heavy (non-hydrogen) atoms. The van der Waals surface area contributed by atoms with Crippen molar-refractivity contribution < 1.29 is 14.6 Å². The lowest BCUT2D eigenvalue weighted by molar-refractivity contribution is -0.131. The molecule has 1 N–H and O–H groups in total. The highest BCUT2D eigenvalue weighted by Gasteiger charge is 2.16. The Labute approximate surface area is 59.3 Å². The van der Waals surface area contributed by atoms with E-state index < -0.39 is 5.97 Å². The average Bonchev–Trinajstić information content (AvgIpc) is 2.13. The minimum absolute atomic E-state index is 0.186. The molecule has 0 aromatic carbocycles. The largest absolute Gasteiger partial charge is 0.495 e. The van der Waals surface area contributed by atoms with Crippen molar-refractivity contribution in [1.82, 2.24) is 0 Å². The molecule has 0 aliphatic carbocycles. The van der Waals surface area contributed by atoms with Crippen LogP contribution in [0.2, 0.25) is 0 Å². The van der Waals surface area contributed by atoms with E-state index in [1.54, 1.807) is 0 Å². The zero-order chi connectivity index (χ0) is 7.56. The molecule has 0 amide bonds. The summed E-state index contributed by atoms with van der Waals surface area (Å²) in [6.45, 7) is 1.93. The van der Waals surface area contributed by atoms with Crippen LogP contribution in [0, 0.1) is 0 Å². The predicted octanol–water partition coefficient (Wildman–Crippen LogP) is 1.15. The van der Waals surface area contributed by atoms with Crippen molar-refractivity contribution in [1.29, 1.82) is 0 Å². The van der Waals surface area contributed by atoms with Crippen LogP contribution in [0.25, 0.3) is 0 Å². The van der Waals surface area contributed by atoms with Gasteiger partial charge in [0.05, 0.1) is 12.2 Å². The molecule has 1 aliphatic rings. The van der Waals surface area contributed by atoms with Gasteiger partial charge in [-0.3, -0.25) is 0 Å². The van der Waals surface area contributed by atoms with Gasteiger partial charge in [0.1, 0.15) is 5.76 Å². The number of carboxylic acid groups (broad SMARTS) is 1. The number of aliphatic carboxylic acids is 1. The molecule has 0 spiro atoms. The van der Waals surface area contributed by atoms with Crippen LogP contribution in [0.4, 0.5) is 0 Å². The molecule has 1 rings (SSSR count). The maximum absolute atomic E-state index is 10.1. The molecule has 3 nitrogen and oxygen atoms in total. The molecule has 1 aliphatic heterocycles. The summed E-state index contributed by atoms with van der Waals surface area (Å²) in [6, 6.07) is 0. The fraction of sp³-hybridized carbons (Fsp3) is 0.571. The van der Waals surface area contributed by atoms with Gasteiger partial charge < -0.3 is 9.84 Å². The molecule has 0 radical (unpaired) electrons. The minimum atomic E-state index is -0.927. The van der Waals surface area contributed by atoms with Gasteiger partial charge in [-0.25, -0.2) is 4.79 Å². The summed E-state index contributed by atoms with van der Waals surface area (Å²) in [5, 5.41) is 8.30. The average molecular weight is 142 g/mol. The number of carbonyl (C=O) groups is 1. The SMILES string of the molecule is CC1CC/C(=C\C(=O)O)O1. The molecule has 56 valence electrons. The molecule has 3 heteroatoms. The standard InChI is InChI=1S/C7H10O3/c1-5-2-3-6(10-5)4-7(8)9/h4-5H,2-3H2,1H3,(H,8,9)/b6-4+. The van der Waals surface area contributed by atoms with Gasteiger partial charge in [0.2, 0.25) is 0 Å². The van der Waals surface area contributed by atoms with Crippen molar-refractivity contribution >= 4 is 5.97 Å². The lowest BCUT2D eigenvalue weighted by Crippen LogP contribution is -1.96. The Balaban J connectivity index is 2.51. The summed E-state index contributed by atoms with van der Waals surface area (Å²) >= 11 is 0. The number of ether oxygens (including phenoxy) is 1. The Morgan fingerprint density at radius 2 is 2.60 bits per heavy atom. The number of rotatable bonds is 1. The molecule has 1 atom stereocenters. The lowest BCUT2D eigenvalue weighted by Gasteiger charge is -2.00. The molecule has 1 saturated heterocycles. The first kappa shape index (κ1) is 7.12. The Hall–Kier alpha value is -0.990. The van der Waals surface area contributed by atoms with Gasteiger partial charge in [-0.2, -0.15) is 0 Å². The van der Waals surface area contributed by atoms with Gasteiger partial charge >= 0.3 is 5.97 Å². The second-order valence-corrected chi connectivity index (χ2v) is 2.42.